The van der Waals surface area contributed by atoms with Crippen molar-refractivity contribution in [3.8, 4) is 0 Å². The molecule has 1 aromatic heterocycles. The van der Waals surface area contributed by atoms with E-state index in [4.69, 9.17) is 0 Å². The van der Waals surface area contributed by atoms with Gasteiger partial charge in [0.2, 0.25) is 0 Å². The summed E-state index contributed by atoms with van der Waals surface area (Å²) in [4.78, 5) is 15.5. The second kappa shape index (κ2) is 6.30. The molecule has 0 saturated heterocycles. The van der Waals surface area contributed by atoms with Gasteiger partial charge in [-0.1, -0.05) is 13.0 Å². The second-order valence-electron chi connectivity index (χ2n) is 3.77. The first kappa shape index (κ1) is 11.9. The van der Waals surface area contributed by atoms with E-state index in [2.05, 4.69) is 24.1 Å². The Labute approximate surface area is 90.9 Å². The largest absolute Gasteiger partial charge is 0.307 e. The van der Waals surface area contributed by atoms with Crippen LogP contribution in [0.1, 0.15) is 25.8 Å². The molecule has 0 radical (unpaired) electrons. The number of carbonyl (C=O) groups excluding carboxylic acids is 1. The minimum Gasteiger partial charge on any atom is -0.307 e. The molecule has 82 valence electrons. The van der Waals surface area contributed by atoms with E-state index in [1.54, 1.807) is 12.4 Å². The summed E-state index contributed by atoms with van der Waals surface area (Å²) >= 11 is 0. The van der Waals surface area contributed by atoms with Gasteiger partial charge in [-0.05, 0) is 25.0 Å². The summed E-state index contributed by atoms with van der Waals surface area (Å²) in [5, 5.41) is 3.18. The van der Waals surface area contributed by atoms with Crippen molar-refractivity contribution in [3.63, 3.8) is 0 Å². The Kier molecular flexibility index (Phi) is 4.98. The van der Waals surface area contributed by atoms with E-state index in [1.807, 2.05) is 12.1 Å². The van der Waals surface area contributed by atoms with E-state index < -0.39 is 0 Å². The van der Waals surface area contributed by atoms with Crippen molar-refractivity contribution in [3.05, 3.63) is 30.1 Å². The van der Waals surface area contributed by atoms with Crippen LogP contribution in [0.15, 0.2) is 24.5 Å². The van der Waals surface area contributed by atoms with E-state index in [-0.39, 0.29) is 5.78 Å². The average molecular weight is 206 g/mol. The fourth-order valence-electron chi connectivity index (χ4n) is 1.23. The van der Waals surface area contributed by atoms with Crippen molar-refractivity contribution in [1.29, 1.82) is 0 Å². The first-order chi connectivity index (χ1) is 7.22. The number of carbonyl (C=O) groups is 1. The molecule has 3 heteroatoms. The number of hydrogen-bond donors (Lipinski definition) is 1. The number of nitrogens with zero attached hydrogens (tertiary/aromatic N) is 1. The third-order valence-electron chi connectivity index (χ3n) is 2.38. The molecule has 1 aromatic rings. The molecule has 0 spiro atoms. The third kappa shape index (κ3) is 4.70. The fourth-order valence-corrected chi connectivity index (χ4v) is 1.23. The van der Waals surface area contributed by atoms with Crippen LogP contribution in [0.3, 0.4) is 0 Å². The molecule has 1 heterocycles. The normalized spacial score (nSPS) is 12.4. The molecule has 0 amide bonds. The minimum atomic E-state index is 0.211. The predicted molar refractivity (Wildman–Crippen MR) is 60.7 cm³/mol. The van der Waals surface area contributed by atoms with Crippen LogP contribution in [-0.2, 0) is 11.2 Å². The highest BCUT2D eigenvalue weighted by Gasteiger charge is 2.05. The number of rotatable bonds is 6. The highest BCUT2D eigenvalue weighted by Crippen LogP contribution is 1.97. The number of pyridine rings is 1. The maximum absolute atomic E-state index is 11.5. The fraction of sp³-hybridized carbons (Fsp3) is 0.500. The molecule has 0 aliphatic heterocycles. The topological polar surface area (TPSA) is 42.0 Å². The molecule has 1 rings (SSSR count). The van der Waals surface area contributed by atoms with Gasteiger partial charge in [0.05, 0.1) is 6.54 Å². The Bertz CT molecular complexity index is 298. The van der Waals surface area contributed by atoms with Gasteiger partial charge in [-0.15, -0.1) is 0 Å². The summed E-state index contributed by atoms with van der Waals surface area (Å²) in [6.45, 7) is 4.63. The summed E-state index contributed by atoms with van der Waals surface area (Å²) in [6, 6.07) is 4.18. The molecule has 15 heavy (non-hydrogen) atoms. The third-order valence-corrected chi connectivity index (χ3v) is 2.38. The van der Waals surface area contributed by atoms with Gasteiger partial charge in [-0.3, -0.25) is 9.78 Å². The standard InChI is InChI=1S/C12H18N2O/c1-3-10(2)14-9-12(15)7-11-5-4-6-13-8-11/h4-6,8,10,14H,3,7,9H2,1-2H3. The van der Waals surface area contributed by atoms with E-state index in [9.17, 15) is 4.79 Å². The lowest BCUT2D eigenvalue weighted by molar-refractivity contribution is -0.117. The van der Waals surface area contributed by atoms with Gasteiger partial charge >= 0.3 is 0 Å². The molecule has 1 unspecified atom stereocenters. The zero-order valence-electron chi connectivity index (χ0n) is 9.36. The quantitative estimate of drug-likeness (QED) is 0.768. The molecule has 0 saturated carbocycles. The van der Waals surface area contributed by atoms with Gasteiger partial charge in [0.25, 0.3) is 0 Å². The molecule has 1 N–H and O–H groups in total. The van der Waals surface area contributed by atoms with Gasteiger partial charge in [0, 0.05) is 24.9 Å². The van der Waals surface area contributed by atoms with Crippen LogP contribution in [0.2, 0.25) is 0 Å². The van der Waals surface area contributed by atoms with Crippen molar-refractivity contribution >= 4 is 5.78 Å². The van der Waals surface area contributed by atoms with Gasteiger partial charge in [-0.25, -0.2) is 0 Å². The van der Waals surface area contributed by atoms with E-state index in [0.717, 1.165) is 12.0 Å². The molecule has 0 fully saturated rings. The summed E-state index contributed by atoms with van der Waals surface area (Å²) < 4.78 is 0. The molecule has 0 aliphatic carbocycles. The molecule has 0 bridgehead atoms. The van der Waals surface area contributed by atoms with Gasteiger partial charge < -0.3 is 5.32 Å². The highest BCUT2D eigenvalue weighted by molar-refractivity contribution is 5.82. The number of hydrogen-bond acceptors (Lipinski definition) is 3. The Balaban J connectivity index is 2.31. The number of aromatic nitrogens is 1. The second-order valence-corrected chi connectivity index (χ2v) is 3.77. The maximum Gasteiger partial charge on any atom is 0.151 e. The number of Topliss-reactive ketones (excluding diaryl/α,β-unsaturated/α-hetero) is 1. The van der Waals surface area contributed by atoms with Crippen LogP contribution >= 0.6 is 0 Å². The van der Waals surface area contributed by atoms with Crippen molar-refractivity contribution in [2.24, 2.45) is 0 Å². The van der Waals surface area contributed by atoms with Crippen LogP contribution in [0.5, 0.6) is 0 Å². The van der Waals surface area contributed by atoms with Crippen molar-refractivity contribution < 1.29 is 4.79 Å². The van der Waals surface area contributed by atoms with Crippen molar-refractivity contribution in [2.75, 3.05) is 6.54 Å². The first-order valence-electron chi connectivity index (χ1n) is 5.36. The van der Waals surface area contributed by atoms with Crippen LogP contribution in [-0.4, -0.2) is 23.4 Å². The molecular formula is C12H18N2O. The van der Waals surface area contributed by atoms with Crippen molar-refractivity contribution in [1.82, 2.24) is 10.3 Å². The summed E-state index contributed by atoms with van der Waals surface area (Å²) in [5.74, 6) is 0.211. The molecule has 1 atom stereocenters. The van der Waals surface area contributed by atoms with Crippen molar-refractivity contribution in [2.45, 2.75) is 32.7 Å². The number of ketones is 1. The number of nitrogens with one attached hydrogen (secondary N) is 1. The smallest absolute Gasteiger partial charge is 0.151 e. The lowest BCUT2D eigenvalue weighted by Gasteiger charge is -2.09. The van der Waals surface area contributed by atoms with Gasteiger partial charge in [-0.2, -0.15) is 0 Å². The monoisotopic (exact) mass is 206 g/mol. The Hall–Kier alpha value is -1.22. The zero-order chi connectivity index (χ0) is 11.1. The lowest BCUT2D eigenvalue weighted by atomic mass is 10.1. The molecule has 3 nitrogen and oxygen atoms in total. The zero-order valence-corrected chi connectivity index (χ0v) is 9.36. The first-order valence-corrected chi connectivity index (χ1v) is 5.36. The predicted octanol–water partition coefficient (Wildman–Crippen LogP) is 1.58. The summed E-state index contributed by atoms with van der Waals surface area (Å²) in [5.41, 5.74) is 0.980. The summed E-state index contributed by atoms with van der Waals surface area (Å²) in [7, 11) is 0. The highest BCUT2D eigenvalue weighted by atomic mass is 16.1. The van der Waals surface area contributed by atoms with Crippen LogP contribution in [0, 0.1) is 0 Å². The van der Waals surface area contributed by atoms with Gasteiger partial charge in [0.15, 0.2) is 5.78 Å². The van der Waals surface area contributed by atoms with E-state index in [1.165, 1.54) is 0 Å². The van der Waals surface area contributed by atoms with E-state index in [0.29, 0.717) is 19.0 Å². The summed E-state index contributed by atoms with van der Waals surface area (Å²) in [6.07, 6.45) is 4.96. The molecule has 0 aliphatic rings. The molecular weight excluding hydrogens is 188 g/mol. The average Bonchev–Trinajstić information content (AvgIpc) is 2.27. The van der Waals surface area contributed by atoms with Crippen LogP contribution in [0.4, 0.5) is 0 Å². The Morgan fingerprint density at radius 3 is 3.00 bits per heavy atom. The lowest BCUT2D eigenvalue weighted by Crippen LogP contribution is -2.31. The Morgan fingerprint density at radius 1 is 1.60 bits per heavy atom. The Morgan fingerprint density at radius 2 is 2.40 bits per heavy atom. The van der Waals surface area contributed by atoms with E-state index >= 15 is 0 Å². The van der Waals surface area contributed by atoms with Crippen LogP contribution in [0.25, 0.3) is 0 Å². The maximum atomic E-state index is 11.5. The molecule has 0 aromatic carbocycles. The van der Waals surface area contributed by atoms with Gasteiger partial charge in [0.1, 0.15) is 0 Å². The minimum absolute atomic E-state index is 0.211. The van der Waals surface area contributed by atoms with Crippen LogP contribution < -0.4 is 5.32 Å². The SMILES string of the molecule is CCC(C)NCC(=O)Cc1cccnc1.